The van der Waals surface area contributed by atoms with Gasteiger partial charge in [-0.1, -0.05) is 67.7 Å². The maximum Gasteiger partial charge on any atom is 0.226 e. The monoisotopic (exact) mass is 269 g/mol. The molecule has 1 N–H and O–H groups in total. The summed E-state index contributed by atoms with van der Waals surface area (Å²) in [6.07, 6.45) is 4.88. The maximum absolute atomic E-state index is 12.5. The molecule has 0 saturated carbocycles. The first-order chi connectivity index (χ1) is 8.80. The summed E-state index contributed by atoms with van der Waals surface area (Å²) in [6.45, 7) is 16.0. The highest BCUT2D eigenvalue weighted by Crippen LogP contribution is 2.35. The Kier molecular flexibility index (Phi) is 8.36. The lowest BCUT2D eigenvalue weighted by atomic mass is 9.70. The predicted molar refractivity (Wildman–Crippen MR) is 84.1 cm³/mol. The van der Waals surface area contributed by atoms with Crippen LogP contribution < -0.4 is 5.32 Å². The molecule has 2 nitrogen and oxygen atoms in total. The molecule has 19 heavy (non-hydrogen) atoms. The van der Waals surface area contributed by atoms with Gasteiger partial charge in [-0.05, 0) is 24.2 Å². The fourth-order valence-electron chi connectivity index (χ4n) is 2.56. The molecule has 0 fully saturated rings. The second-order valence-corrected chi connectivity index (χ2v) is 6.72. The van der Waals surface area contributed by atoms with Crippen molar-refractivity contribution < 1.29 is 4.79 Å². The van der Waals surface area contributed by atoms with Crippen LogP contribution in [0.1, 0.15) is 74.1 Å². The zero-order chi connectivity index (χ0) is 15.1. The highest BCUT2D eigenvalue weighted by Gasteiger charge is 2.39. The number of carbonyl (C=O) groups is 1. The minimum absolute atomic E-state index is 0.229. The minimum Gasteiger partial charge on any atom is -0.355 e. The Morgan fingerprint density at radius 3 is 2.00 bits per heavy atom. The number of unbranched alkanes of at least 4 members (excludes halogenated alkanes) is 1. The van der Waals surface area contributed by atoms with E-state index in [1.807, 2.05) is 0 Å². The van der Waals surface area contributed by atoms with Crippen LogP contribution in [0.5, 0.6) is 0 Å². The smallest absolute Gasteiger partial charge is 0.226 e. The van der Waals surface area contributed by atoms with E-state index in [9.17, 15) is 4.79 Å². The van der Waals surface area contributed by atoms with Gasteiger partial charge in [-0.15, -0.1) is 0 Å². The third kappa shape index (κ3) is 5.16. The summed E-state index contributed by atoms with van der Waals surface area (Å²) in [5.74, 6) is 1.59. The highest BCUT2D eigenvalue weighted by molar-refractivity contribution is 5.82. The average molecular weight is 269 g/mol. The first-order valence-electron chi connectivity index (χ1n) is 8.08. The van der Waals surface area contributed by atoms with Crippen LogP contribution in [0.3, 0.4) is 0 Å². The first kappa shape index (κ1) is 18.5. The summed E-state index contributed by atoms with van der Waals surface area (Å²) in [6, 6.07) is 0. The molecule has 0 aromatic carbocycles. The molecule has 0 spiro atoms. The molecule has 1 amide bonds. The van der Waals surface area contributed by atoms with E-state index in [0.29, 0.717) is 17.8 Å². The van der Waals surface area contributed by atoms with Crippen LogP contribution in [0.25, 0.3) is 0 Å². The molecule has 0 aliphatic heterocycles. The van der Waals surface area contributed by atoms with Crippen molar-refractivity contribution in [3.63, 3.8) is 0 Å². The quantitative estimate of drug-likeness (QED) is 0.649. The molecular formula is C17H35NO. The molecule has 0 saturated heterocycles. The van der Waals surface area contributed by atoms with Gasteiger partial charge in [0.1, 0.15) is 0 Å². The number of hydrogen-bond donors (Lipinski definition) is 1. The zero-order valence-corrected chi connectivity index (χ0v) is 14.2. The fraction of sp³-hybridized carbons (Fsp3) is 0.941. The summed E-state index contributed by atoms with van der Waals surface area (Å²) in [7, 11) is 0. The lowest BCUT2D eigenvalue weighted by Gasteiger charge is -2.36. The number of rotatable bonds is 9. The van der Waals surface area contributed by atoms with Gasteiger partial charge in [0, 0.05) is 6.54 Å². The number of amides is 1. The van der Waals surface area contributed by atoms with Gasteiger partial charge in [0.05, 0.1) is 5.41 Å². The molecule has 0 aromatic heterocycles. The number of hydrogen-bond acceptors (Lipinski definition) is 1. The topological polar surface area (TPSA) is 29.1 Å². The third-order valence-corrected chi connectivity index (χ3v) is 4.98. The van der Waals surface area contributed by atoms with E-state index in [1.54, 1.807) is 0 Å². The predicted octanol–water partition coefficient (Wildman–Crippen LogP) is 4.64. The Balaban J connectivity index is 4.49. The lowest BCUT2D eigenvalue weighted by Crippen LogP contribution is -2.47. The summed E-state index contributed by atoms with van der Waals surface area (Å²) in [4.78, 5) is 12.5. The van der Waals surface area contributed by atoms with Crippen molar-refractivity contribution >= 4 is 5.91 Å². The summed E-state index contributed by atoms with van der Waals surface area (Å²) >= 11 is 0. The van der Waals surface area contributed by atoms with Crippen molar-refractivity contribution in [2.24, 2.45) is 23.2 Å². The van der Waals surface area contributed by atoms with Crippen molar-refractivity contribution in [2.45, 2.75) is 74.1 Å². The number of nitrogens with one attached hydrogen (secondary N) is 1. The maximum atomic E-state index is 12.5. The van der Waals surface area contributed by atoms with E-state index in [-0.39, 0.29) is 11.3 Å². The minimum atomic E-state index is -0.261. The molecule has 114 valence electrons. The second-order valence-electron chi connectivity index (χ2n) is 6.72. The van der Waals surface area contributed by atoms with E-state index in [4.69, 9.17) is 0 Å². The molecule has 0 heterocycles. The van der Waals surface area contributed by atoms with Crippen LogP contribution in [0, 0.1) is 23.2 Å². The van der Waals surface area contributed by atoms with Crippen LogP contribution in [0.2, 0.25) is 0 Å². The normalized spacial score (nSPS) is 13.9. The molecule has 0 bridgehead atoms. The van der Waals surface area contributed by atoms with E-state index in [2.05, 4.69) is 53.8 Å². The van der Waals surface area contributed by atoms with E-state index < -0.39 is 0 Å². The summed E-state index contributed by atoms with van der Waals surface area (Å²) < 4.78 is 0. The van der Waals surface area contributed by atoms with Crippen LogP contribution in [-0.4, -0.2) is 12.5 Å². The zero-order valence-electron chi connectivity index (χ0n) is 14.2. The molecule has 0 aliphatic carbocycles. The molecule has 2 heteroatoms. The van der Waals surface area contributed by atoms with Gasteiger partial charge >= 0.3 is 0 Å². The Morgan fingerprint density at radius 2 is 1.63 bits per heavy atom. The Labute approximate surface area is 120 Å². The molecule has 0 aliphatic rings. The van der Waals surface area contributed by atoms with Crippen LogP contribution >= 0.6 is 0 Å². The van der Waals surface area contributed by atoms with Gasteiger partial charge in [0.25, 0.3) is 0 Å². The molecule has 0 rings (SSSR count). The van der Waals surface area contributed by atoms with Gasteiger partial charge in [-0.25, -0.2) is 0 Å². The average Bonchev–Trinajstić information content (AvgIpc) is 2.36. The van der Waals surface area contributed by atoms with Crippen molar-refractivity contribution in [3.8, 4) is 0 Å². The molecule has 1 unspecified atom stereocenters. The van der Waals surface area contributed by atoms with E-state index >= 15 is 0 Å². The Morgan fingerprint density at radius 1 is 1.11 bits per heavy atom. The van der Waals surface area contributed by atoms with Crippen LogP contribution in [-0.2, 0) is 4.79 Å². The van der Waals surface area contributed by atoms with Crippen molar-refractivity contribution in [2.75, 3.05) is 6.54 Å². The van der Waals surface area contributed by atoms with Gasteiger partial charge in [-0.3, -0.25) is 4.79 Å². The number of carbonyl (C=O) groups excluding carboxylic acids is 1. The van der Waals surface area contributed by atoms with Crippen molar-refractivity contribution in [3.05, 3.63) is 0 Å². The van der Waals surface area contributed by atoms with Gasteiger partial charge in [0.15, 0.2) is 0 Å². The highest BCUT2D eigenvalue weighted by atomic mass is 16.2. The standard InChI is InChI=1S/C17H35NO/c1-8-10-11-15(9-2)12-18-16(19)17(7,13(3)4)14(5)6/h13-15H,8-12H2,1-7H3,(H,18,19). The second kappa shape index (κ2) is 8.60. The van der Waals surface area contributed by atoms with E-state index in [1.165, 1.54) is 19.3 Å². The molecule has 1 atom stereocenters. The van der Waals surface area contributed by atoms with E-state index in [0.717, 1.165) is 13.0 Å². The van der Waals surface area contributed by atoms with Crippen LogP contribution in [0.15, 0.2) is 0 Å². The summed E-state index contributed by atoms with van der Waals surface area (Å²) in [5, 5.41) is 3.21. The SMILES string of the molecule is CCCCC(CC)CNC(=O)C(C)(C(C)C)C(C)C. The fourth-order valence-corrected chi connectivity index (χ4v) is 2.56. The largest absolute Gasteiger partial charge is 0.355 e. The Bertz CT molecular complexity index is 250. The van der Waals surface area contributed by atoms with Crippen molar-refractivity contribution in [1.29, 1.82) is 0 Å². The Hall–Kier alpha value is -0.530. The third-order valence-electron chi connectivity index (χ3n) is 4.98. The van der Waals surface area contributed by atoms with Gasteiger partial charge in [-0.2, -0.15) is 0 Å². The van der Waals surface area contributed by atoms with Crippen molar-refractivity contribution in [1.82, 2.24) is 5.32 Å². The molecular weight excluding hydrogens is 234 g/mol. The van der Waals surface area contributed by atoms with Gasteiger partial charge < -0.3 is 5.32 Å². The molecule has 0 radical (unpaired) electrons. The van der Waals surface area contributed by atoms with Crippen LogP contribution in [0.4, 0.5) is 0 Å². The summed E-state index contributed by atoms with van der Waals surface area (Å²) in [5.41, 5.74) is -0.261. The molecule has 0 aromatic rings. The first-order valence-corrected chi connectivity index (χ1v) is 8.08. The van der Waals surface area contributed by atoms with Gasteiger partial charge in [0.2, 0.25) is 5.91 Å². The lowest BCUT2D eigenvalue weighted by molar-refractivity contribution is -0.135.